The quantitative estimate of drug-likeness (QED) is 0.661. The third kappa shape index (κ3) is 7.54. The van der Waals surface area contributed by atoms with Crippen LogP contribution in [-0.4, -0.2) is 19.0 Å². The first kappa shape index (κ1) is 11.4. The molecule has 0 spiro atoms. The van der Waals surface area contributed by atoms with Crippen LogP contribution >= 0.6 is 0 Å². The van der Waals surface area contributed by atoms with Crippen LogP contribution < -0.4 is 11.1 Å². The molecule has 0 bridgehead atoms. The Morgan fingerprint density at radius 3 is 2.42 bits per heavy atom. The molecule has 0 heterocycles. The first-order valence-corrected chi connectivity index (χ1v) is 4.42. The molecule has 1 amide bonds. The van der Waals surface area contributed by atoms with Gasteiger partial charge in [-0.3, -0.25) is 4.79 Å². The first-order valence-electron chi connectivity index (χ1n) is 4.42. The zero-order valence-electron chi connectivity index (χ0n) is 8.31. The summed E-state index contributed by atoms with van der Waals surface area (Å²) in [5, 5.41) is 2.74. The number of carbonyl (C=O) groups excluding carboxylic acids is 1. The van der Waals surface area contributed by atoms with E-state index in [0.717, 1.165) is 6.42 Å². The first-order chi connectivity index (χ1) is 5.45. The molecule has 3 N–H and O–H groups in total. The molecule has 0 aliphatic rings. The van der Waals surface area contributed by atoms with Crippen molar-refractivity contribution >= 4 is 5.91 Å². The van der Waals surface area contributed by atoms with Crippen LogP contribution in [0, 0.1) is 5.41 Å². The van der Waals surface area contributed by atoms with Gasteiger partial charge in [0.15, 0.2) is 0 Å². The fourth-order valence-corrected chi connectivity index (χ4v) is 0.789. The van der Waals surface area contributed by atoms with Crippen molar-refractivity contribution < 1.29 is 4.79 Å². The van der Waals surface area contributed by atoms with E-state index in [1.54, 1.807) is 0 Å². The molecule has 0 fully saturated rings. The molecule has 0 unspecified atom stereocenters. The van der Waals surface area contributed by atoms with Gasteiger partial charge in [-0.25, -0.2) is 0 Å². The lowest BCUT2D eigenvalue weighted by Crippen LogP contribution is -2.29. The molecule has 0 radical (unpaired) electrons. The van der Waals surface area contributed by atoms with E-state index in [1.165, 1.54) is 0 Å². The highest BCUT2D eigenvalue weighted by molar-refractivity contribution is 5.75. The summed E-state index contributed by atoms with van der Waals surface area (Å²) >= 11 is 0. The largest absolute Gasteiger partial charge is 0.355 e. The van der Waals surface area contributed by atoms with Gasteiger partial charge in [-0.05, 0) is 11.8 Å². The van der Waals surface area contributed by atoms with Gasteiger partial charge in [0.2, 0.25) is 5.91 Å². The van der Waals surface area contributed by atoms with Crippen molar-refractivity contribution in [3.8, 4) is 0 Å². The van der Waals surface area contributed by atoms with E-state index in [4.69, 9.17) is 5.73 Å². The molecule has 0 atom stereocenters. The van der Waals surface area contributed by atoms with E-state index in [0.29, 0.717) is 19.5 Å². The average molecular weight is 172 g/mol. The molecule has 0 aliphatic carbocycles. The van der Waals surface area contributed by atoms with Crippen molar-refractivity contribution in [2.75, 3.05) is 13.1 Å². The number of rotatable bonds is 4. The Morgan fingerprint density at radius 1 is 1.42 bits per heavy atom. The molecule has 3 nitrogen and oxygen atoms in total. The lowest BCUT2D eigenvalue weighted by atomic mass is 9.90. The summed E-state index contributed by atoms with van der Waals surface area (Å²) in [7, 11) is 0. The minimum absolute atomic E-state index is 0.107. The third-order valence-corrected chi connectivity index (χ3v) is 1.57. The van der Waals surface area contributed by atoms with Crippen LogP contribution in [-0.2, 0) is 4.79 Å². The van der Waals surface area contributed by atoms with Gasteiger partial charge >= 0.3 is 0 Å². The normalized spacial score (nSPS) is 11.3. The predicted octanol–water partition coefficient (Wildman–Crippen LogP) is 0.888. The van der Waals surface area contributed by atoms with Crippen LogP contribution in [0.4, 0.5) is 0 Å². The molecular weight excluding hydrogens is 152 g/mol. The molecule has 12 heavy (non-hydrogen) atoms. The molecule has 0 aromatic heterocycles. The maximum atomic E-state index is 11.1. The average Bonchev–Trinajstić information content (AvgIpc) is 1.95. The predicted molar refractivity (Wildman–Crippen MR) is 50.8 cm³/mol. The van der Waals surface area contributed by atoms with E-state index in [1.807, 2.05) is 0 Å². The van der Waals surface area contributed by atoms with E-state index in [-0.39, 0.29) is 11.3 Å². The van der Waals surface area contributed by atoms with Gasteiger partial charge in [0.25, 0.3) is 0 Å². The van der Waals surface area contributed by atoms with Crippen LogP contribution in [0.2, 0.25) is 0 Å². The Bertz CT molecular complexity index is 138. The van der Waals surface area contributed by atoms with Crippen molar-refractivity contribution in [1.29, 1.82) is 0 Å². The van der Waals surface area contributed by atoms with Crippen LogP contribution in [0.25, 0.3) is 0 Å². The topological polar surface area (TPSA) is 55.1 Å². The second-order valence-electron chi connectivity index (χ2n) is 4.20. The SMILES string of the molecule is CC(C)(C)CCC(=O)NCCN. The Labute approximate surface area is 74.7 Å². The minimum atomic E-state index is 0.107. The Morgan fingerprint density at radius 2 is 2.00 bits per heavy atom. The Kier molecular flexibility index (Phi) is 4.90. The molecule has 72 valence electrons. The summed E-state index contributed by atoms with van der Waals surface area (Å²) < 4.78 is 0. The molecular formula is C9H20N2O. The lowest BCUT2D eigenvalue weighted by molar-refractivity contribution is -0.121. The third-order valence-electron chi connectivity index (χ3n) is 1.57. The van der Waals surface area contributed by atoms with E-state index in [9.17, 15) is 4.79 Å². The molecule has 0 saturated carbocycles. The van der Waals surface area contributed by atoms with Gasteiger partial charge in [0.05, 0.1) is 0 Å². The van der Waals surface area contributed by atoms with Crippen LogP contribution in [0.1, 0.15) is 33.6 Å². The number of hydrogen-bond donors (Lipinski definition) is 2. The van der Waals surface area contributed by atoms with E-state index in [2.05, 4.69) is 26.1 Å². The molecule has 0 aliphatic heterocycles. The minimum Gasteiger partial charge on any atom is -0.355 e. The highest BCUT2D eigenvalue weighted by Crippen LogP contribution is 2.19. The zero-order chi connectivity index (χ0) is 9.61. The van der Waals surface area contributed by atoms with Gasteiger partial charge in [-0.15, -0.1) is 0 Å². The van der Waals surface area contributed by atoms with Gasteiger partial charge < -0.3 is 11.1 Å². The summed E-state index contributed by atoms with van der Waals surface area (Å²) in [6, 6.07) is 0. The van der Waals surface area contributed by atoms with Crippen molar-refractivity contribution in [2.24, 2.45) is 11.1 Å². The zero-order valence-corrected chi connectivity index (χ0v) is 8.31. The number of carbonyl (C=O) groups is 1. The summed E-state index contributed by atoms with van der Waals surface area (Å²) in [6.07, 6.45) is 1.52. The number of nitrogens with two attached hydrogens (primary N) is 1. The maximum Gasteiger partial charge on any atom is 0.220 e. The van der Waals surface area contributed by atoms with Gasteiger partial charge in [-0.1, -0.05) is 20.8 Å². The molecule has 0 rings (SSSR count). The second-order valence-corrected chi connectivity index (χ2v) is 4.20. The summed E-state index contributed by atoms with van der Waals surface area (Å²) in [5.74, 6) is 0.107. The van der Waals surface area contributed by atoms with Crippen molar-refractivity contribution in [3.05, 3.63) is 0 Å². The van der Waals surface area contributed by atoms with Gasteiger partial charge in [0.1, 0.15) is 0 Å². The highest BCUT2D eigenvalue weighted by Gasteiger charge is 2.11. The molecule has 0 saturated heterocycles. The van der Waals surface area contributed by atoms with E-state index >= 15 is 0 Å². The van der Waals surface area contributed by atoms with Gasteiger partial charge in [0, 0.05) is 19.5 Å². The van der Waals surface area contributed by atoms with Crippen molar-refractivity contribution in [3.63, 3.8) is 0 Å². The lowest BCUT2D eigenvalue weighted by Gasteiger charge is -2.17. The van der Waals surface area contributed by atoms with Crippen LogP contribution in [0.3, 0.4) is 0 Å². The Hall–Kier alpha value is -0.570. The highest BCUT2D eigenvalue weighted by atomic mass is 16.1. The monoisotopic (exact) mass is 172 g/mol. The summed E-state index contributed by atoms with van der Waals surface area (Å²) in [5.41, 5.74) is 5.48. The maximum absolute atomic E-state index is 11.1. The Balaban J connectivity index is 3.44. The smallest absolute Gasteiger partial charge is 0.220 e. The molecule has 3 heteroatoms. The van der Waals surface area contributed by atoms with Crippen LogP contribution in [0.15, 0.2) is 0 Å². The van der Waals surface area contributed by atoms with Gasteiger partial charge in [-0.2, -0.15) is 0 Å². The standard InChI is InChI=1S/C9H20N2O/c1-9(2,3)5-4-8(12)11-7-6-10/h4-7,10H2,1-3H3,(H,11,12). The second kappa shape index (κ2) is 5.14. The molecule has 0 aromatic rings. The fourth-order valence-electron chi connectivity index (χ4n) is 0.789. The van der Waals surface area contributed by atoms with E-state index < -0.39 is 0 Å². The molecule has 0 aromatic carbocycles. The van der Waals surface area contributed by atoms with Crippen molar-refractivity contribution in [2.45, 2.75) is 33.6 Å². The van der Waals surface area contributed by atoms with Crippen molar-refractivity contribution in [1.82, 2.24) is 5.32 Å². The summed E-state index contributed by atoms with van der Waals surface area (Å²) in [4.78, 5) is 11.1. The number of hydrogen-bond acceptors (Lipinski definition) is 2. The fraction of sp³-hybridized carbons (Fsp3) is 0.889. The summed E-state index contributed by atoms with van der Waals surface area (Å²) in [6.45, 7) is 7.49. The van der Waals surface area contributed by atoms with Crippen LogP contribution in [0.5, 0.6) is 0 Å². The number of nitrogens with one attached hydrogen (secondary N) is 1. The number of amides is 1.